The number of unbranched alkanes of at least 4 members (excludes halogenated alkanes) is 1. The Kier molecular flexibility index (Phi) is 5.16. The fourth-order valence-corrected chi connectivity index (χ4v) is 1.40. The summed E-state index contributed by atoms with van der Waals surface area (Å²) in [6.45, 7) is 0.509. The van der Waals surface area contributed by atoms with Crippen molar-refractivity contribution < 1.29 is 19.8 Å². The van der Waals surface area contributed by atoms with Crippen LogP contribution in [0.15, 0.2) is 24.3 Å². The van der Waals surface area contributed by atoms with Gasteiger partial charge in [-0.1, -0.05) is 12.1 Å². The molecule has 1 aromatic rings. The van der Waals surface area contributed by atoms with E-state index in [-0.39, 0.29) is 17.7 Å². The molecule has 0 unspecified atom stereocenters. The average molecular weight is 237 g/mol. The molecule has 0 aliphatic carbocycles. The van der Waals surface area contributed by atoms with Crippen molar-refractivity contribution in [3.05, 3.63) is 35.4 Å². The van der Waals surface area contributed by atoms with Crippen LogP contribution in [0.3, 0.4) is 0 Å². The highest BCUT2D eigenvalue weighted by molar-refractivity contribution is 6.04. The zero-order valence-corrected chi connectivity index (χ0v) is 9.35. The van der Waals surface area contributed by atoms with Gasteiger partial charge in [0.25, 0.3) is 5.91 Å². The van der Waals surface area contributed by atoms with Crippen molar-refractivity contribution in [3.8, 4) is 0 Å². The first kappa shape index (κ1) is 13.2. The zero-order chi connectivity index (χ0) is 12.7. The maximum Gasteiger partial charge on any atom is 0.336 e. The van der Waals surface area contributed by atoms with E-state index in [0.29, 0.717) is 19.4 Å². The molecule has 0 spiro atoms. The van der Waals surface area contributed by atoms with Gasteiger partial charge in [-0.15, -0.1) is 0 Å². The Hall–Kier alpha value is -1.88. The van der Waals surface area contributed by atoms with Crippen LogP contribution < -0.4 is 5.32 Å². The molecule has 17 heavy (non-hydrogen) atoms. The molecule has 1 aromatic carbocycles. The van der Waals surface area contributed by atoms with Gasteiger partial charge in [0.1, 0.15) is 0 Å². The maximum absolute atomic E-state index is 11.7. The van der Waals surface area contributed by atoms with E-state index in [0.717, 1.165) is 0 Å². The first-order valence-electron chi connectivity index (χ1n) is 5.38. The third-order valence-electron chi connectivity index (χ3n) is 2.27. The predicted octanol–water partition coefficient (Wildman–Crippen LogP) is 0.887. The fourth-order valence-electron chi connectivity index (χ4n) is 1.40. The van der Waals surface area contributed by atoms with Gasteiger partial charge < -0.3 is 15.5 Å². The molecule has 1 amide bonds. The highest BCUT2D eigenvalue weighted by Crippen LogP contribution is 2.08. The van der Waals surface area contributed by atoms with E-state index in [1.54, 1.807) is 12.1 Å². The second-order valence-corrected chi connectivity index (χ2v) is 3.54. The number of hydrogen-bond acceptors (Lipinski definition) is 3. The van der Waals surface area contributed by atoms with Gasteiger partial charge in [0, 0.05) is 13.2 Å². The normalized spacial score (nSPS) is 9.94. The van der Waals surface area contributed by atoms with Gasteiger partial charge in [-0.25, -0.2) is 4.79 Å². The lowest BCUT2D eigenvalue weighted by Gasteiger charge is -2.07. The Bertz CT molecular complexity index is 403. The fraction of sp³-hybridized carbons (Fsp3) is 0.333. The molecule has 0 saturated carbocycles. The van der Waals surface area contributed by atoms with Gasteiger partial charge in [-0.05, 0) is 25.0 Å². The van der Waals surface area contributed by atoms with Crippen molar-refractivity contribution in [1.29, 1.82) is 0 Å². The van der Waals surface area contributed by atoms with Gasteiger partial charge in [0.15, 0.2) is 0 Å². The number of carboxylic acids is 1. The summed E-state index contributed by atoms with van der Waals surface area (Å²) in [7, 11) is 0. The number of aliphatic hydroxyl groups excluding tert-OH is 1. The molecular weight excluding hydrogens is 222 g/mol. The summed E-state index contributed by atoms with van der Waals surface area (Å²) < 4.78 is 0. The first-order chi connectivity index (χ1) is 8.16. The summed E-state index contributed by atoms with van der Waals surface area (Å²) in [5.74, 6) is -1.52. The van der Waals surface area contributed by atoms with E-state index in [1.807, 2.05) is 0 Å². The molecule has 0 bridgehead atoms. The van der Waals surface area contributed by atoms with E-state index in [2.05, 4.69) is 5.32 Å². The van der Waals surface area contributed by atoms with Crippen LogP contribution in [-0.2, 0) is 0 Å². The van der Waals surface area contributed by atoms with Crippen molar-refractivity contribution >= 4 is 11.9 Å². The van der Waals surface area contributed by atoms with E-state index in [4.69, 9.17) is 10.2 Å². The summed E-state index contributed by atoms with van der Waals surface area (Å²) in [5, 5.41) is 20.1. The number of aliphatic hydroxyl groups is 1. The van der Waals surface area contributed by atoms with Crippen LogP contribution in [0.4, 0.5) is 0 Å². The zero-order valence-electron chi connectivity index (χ0n) is 9.35. The molecule has 92 valence electrons. The molecule has 1 rings (SSSR count). The molecule has 0 aliphatic heterocycles. The quantitative estimate of drug-likeness (QED) is 0.641. The van der Waals surface area contributed by atoms with E-state index >= 15 is 0 Å². The van der Waals surface area contributed by atoms with Crippen LogP contribution in [0.1, 0.15) is 33.6 Å². The SMILES string of the molecule is O=C(O)c1ccccc1C(=O)NCCCCO. The number of aromatic carboxylic acids is 1. The molecule has 0 heterocycles. The summed E-state index contributed by atoms with van der Waals surface area (Å²) in [5.41, 5.74) is 0.149. The monoisotopic (exact) mass is 237 g/mol. The molecule has 0 radical (unpaired) electrons. The van der Waals surface area contributed by atoms with Crippen molar-refractivity contribution in [2.75, 3.05) is 13.2 Å². The van der Waals surface area contributed by atoms with Crippen LogP contribution in [0.25, 0.3) is 0 Å². The topological polar surface area (TPSA) is 86.6 Å². The van der Waals surface area contributed by atoms with Crippen LogP contribution in [0, 0.1) is 0 Å². The molecule has 0 fully saturated rings. The number of carbonyl (C=O) groups excluding carboxylic acids is 1. The number of carboxylic acid groups (broad SMARTS) is 1. The number of benzene rings is 1. The van der Waals surface area contributed by atoms with Gasteiger partial charge >= 0.3 is 5.97 Å². The minimum absolute atomic E-state index is 0.00726. The third-order valence-corrected chi connectivity index (χ3v) is 2.27. The lowest BCUT2D eigenvalue weighted by atomic mass is 10.1. The molecule has 0 aromatic heterocycles. The number of amides is 1. The Morgan fingerprint density at radius 2 is 1.76 bits per heavy atom. The molecular formula is C12H15NO4. The Labute approximate surface area is 99.1 Å². The number of hydrogen-bond donors (Lipinski definition) is 3. The summed E-state index contributed by atoms with van der Waals surface area (Å²) in [4.78, 5) is 22.6. The van der Waals surface area contributed by atoms with Gasteiger partial charge in [0.2, 0.25) is 0 Å². The van der Waals surface area contributed by atoms with Crippen molar-refractivity contribution in [1.82, 2.24) is 5.32 Å². The minimum Gasteiger partial charge on any atom is -0.478 e. The largest absolute Gasteiger partial charge is 0.478 e. The highest BCUT2D eigenvalue weighted by atomic mass is 16.4. The Morgan fingerprint density at radius 1 is 1.12 bits per heavy atom. The van der Waals surface area contributed by atoms with Gasteiger partial charge in [-0.3, -0.25) is 4.79 Å². The number of rotatable bonds is 6. The Morgan fingerprint density at radius 3 is 2.35 bits per heavy atom. The molecule has 0 atom stereocenters. The van der Waals surface area contributed by atoms with Gasteiger partial charge in [-0.2, -0.15) is 0 Å². The number of carbonyl (C=O) groups is 2. The molecule has 0 aliphatic rings. The van der Waals surface area contributed by atoms with Crippen LogP contribution in [0.2, 0.25) is 0 Å². The smallest absolute Gasteiger partial charge is 0.336 e. The maximum atomic E-state index is 11.7. The summed E-state index contributed by atoms with van der Waals surface area (Å²) >= 11 is 0. The highest BCUT2D eigenvalue weighted by Gasteiger charge is 2.14. The standard InChI is InChI=1S/C12H15NO4/c14-8-4-3-7-13-11(15)9-5-1-2-6-10(9)12(16)17/h1-2,5-6,14H,3-4,7-8H2,(H,13,15)(H,16,17). The Balaban J connectivity index is 2.65. The lowest BCUT2D eigenvalue weighted by Crippen LogP contribution is -2.26. The second-order valence-electron chi connectivity index (χ2n) is 3.54. The molecule has 5 heteroatoms. The van der Waals surface area contributed by atoms with Crippen molar-refractivity contribution in [3.63, 3.8) is 0 Å². The molecule has 0 saturated heterocycles. The third kappa shape index (κ3) is 3.88. The van der Waals surface area contributed by atoms with Crippen molar-refractivity contribution in [2.45, 2.75) is 12.8 Å². The van der Waals surface area contributed by atoms with E-state index in [9.17, 15) is 9.59 Å². The predicted molar refractivity (Wildman–Crippen MR) is 62.1 cm³/mol. The summed E-state index contributed by atoms with van der Waals surface area (Å²) in [6, 6.07) is 6.07. The van der Waals surface area contributed by atoms with Crippen LogP contribution in [-0.4, -0.2) is 35.2 Å². The first-order valence-corrected chi connectivity index (χ1v) is 5.38. The second kappa shape index (κ2) is 6.65. The molecule has 5 nitrogen and oxygen atoms in total. The van der Waals surface area contributed by atoms with Crippen LogP contribution in [0.5, 0.6) is 0 Å². The molecule has 3 N–H and O–H groups in total. The van der Waals surface area contributed by atoms with Crippen molar-refractivity contribution in [2.24, 2.45) is 0 Å². The van der Waals surface area contributed by atoms with E-state index in [1.165, 1.54) is 12.1 Å². The average Bonchev–Trinajstić information content (AvgIpc) is 2.34. The van der Waals surface area contributed by atoms with E-state index < -0.39 is 11.9 Å². The lowest BCUT2D eigenvalue weighted by molar-refractivity contribution is 0.0691. The van der Waals surface area contributed by atoms with Crippen LogP contribution >= 0.6 is 0 Å². The summed E-state index contributed by atoms with van der Waals surface area (Å²) in [6.07, 6.45) is 1.28. The van der Waals surface area contributed by atoms with Gasteiger partial charge in [0.05, 0.1) is 11.1 Å². The number of nitrogens with one attached hydrogen (secondary N) is 1. The minimum atomic E-state index is -1.12.